The van der Waals surface area contributed by atoms with Gasteiger partial charge in [0.2, 0.25) is 0 Å². The van der Waals surface area contributed by atoms with E-state index in [4.69, 9.17) is 0 Å². The molecule has 3 aromatic carbocycles. The summed E-state index contributed by atoms with van der Waals surface area (Å²) in [5, 5.41) is 0. The molecule has 0 unspecified atom stereocenters. The zero-order chi connectivity index (χ0) is 24.4. The number of unbranched alkanes of at least 4 members (excludes halogenated alkanes) is 12. The van der Waals surface area contributed by atoms with E-state index in [1.165, 1.54) is 128 Å². The van der Waals surface area contributed by atoms with E-state index >= 15 is 0 Å². The van der Waals surface area contributed by atoms with E-state index in [9.17, 15) is 0 Å². The molecule has 3 aromatic rings. The molecule has 0 aliphatic rings. The van der Waals surface area contributed by atoms with Gasteiger partial charge in [0.05, 0.1) is 0 Å². The van der Waals surface area contributed by atoms with Gasteiger partial charge in [-0.15, -0.1) is 0 Å². The summed E-state index contributed by atoms with van der Waals surface area (Å²) in [6.45, 7) is 0. The van der Waals surface area contributed by atoms with Gasteiger partial charge in [-0.2, -0.15) is 0 Å². The predicted octanol–water partition coefficient (Wildman–Crippen LogP) is 9.27. The Kier molecular flexibility index (Phi) is 13.6. The molecule has 1 heteroatoms. The molecule has 0 bridgehead atoms. The SMILES string of the molecule is [SbH3][CH2]CCCCCCCCCCCCCCC(c1ccccc1)(c1ccccc1)c1ccccc1. The molecular formula is C34H48Sb. The molecule has 0 amide bonds. The third-order valence-corrected chi connectivity index (χ3v) is 9.03. The van der Waals surface area contributed by atoms with Crippen LogP contribution in [0.5, 0.6) is 0 Å². The van der Waals surface area contributed by atoms with Gasteiger partial charge in [0.25, 0.3) is 0 Å². The van der Waals surface area contributed by atoms with Crippen molar-refractivity contribution in [1.82, 2.24) is 0 Å². The van der Waals surface area contributed by atoms with Crippen molar-refractivity contribution in [3.63, 3.8) is 0 Å². The summed E-state index contributed by atoms with van der Waals surface area (Å²) in [6.07, 6.45) is 19.7. The molecule has 0 aliphatic carbocycles. The first-order valence-electron chi connectivity index (χ1n) is 14.3. The Labute approximate surface area is 229 Å². The molecule has 0 aliphatic heterocycles. The molecule has 0 N–H and O–H groups in total. The van der Waals surface area contributed by atoms with Crippen molar-refractivity contribution < 1.29 is 0 Å². The maximum atomic E-state index is 2.33. The Balaban J connectivity index is 1.49. The molecule has 0 saturated carbocycles. The molecule has 0 aromatic heterocycles. The van der Waals surface area contributed by atoms with Crippen LogP contribution in [0.1, 0.15) is 107 Å². The Morgan fingerprint density at radius 2 is 0.657 bits per heavy atom. The summed E-state index contributed by atoms with van der Waals surface area (Å²) in [5.74, 6) is 0. The van der Waals surface area contributed by atoms with E-state index in [1.807, 2.05) is 0 Å². The molecule has 0 heterocycles. The van der Waals surface area contributed by atoms with Gasteiger partial charge in [-0.05, 0) is 23.1 Å². The summed E-state index contributed by atoms with van der Waals surface area (Å²) >= 11 is 1.19. The van der Waals surface area contributed by atoms with Gasteiger partial charge in [0.15, 0.2) is 0 Å². The first-order chi connectivity index (χ1) is 17.4. The molecule has 0 nitrogen and oxygen atoms in total. The van der Waals surface area contributed by atoms with Crippen LogP contribution < -0.4 is 0 Å². The van der Waals surface area contributed by atoms with E-state index in [0.717, 1.165) is 6.42 Å². The molecule has 35 heavy (non-hydrogen) atoms. The van der Waals surface area contributed by atoms with E-state index < -0.39 is 0 Å². The fourth-order valence-corrected chi connectivity index (χ4v) is 6.62. The van der Waals surface area contributed by atoms with Crippen molar-refractivity contribution in [3.8, 4) is 0 Å². The van der Waals surface area contributed by atoms with E-state index in [-0.39, 0.29) is 5.41 Å². The Morgan fingerprint density at radius 3 is 0.971 bits per heavy atom. The monoisotopic (exact) mass is 577 g/mol. The van der Waals surface area contributed by atoms with Crippen LogP contribution in [0.4, 0.5) is 0 Å². The maximum absolute atomic E-state index is 2.33. The van der Waals surface area contributed by atoms with E-state index in [0.29, 0.717) is 0 Å². The summed E-state index contributed by atoms with van der Waals surface area (Å²) in [5.41, 5.74) is 4.15. The first kappa shape index (κ1) is 28.1. The Hall–Kier alpha value is -1.52. The van der Waals surface area contributed by atoms with Gasteiger partial charge in [-0.3, -0.25) is 0 Å². The second-order valence-electron chi connectivity index (χ2n) is 10.2. The normalized spacial score (nSPS) is 11.7. The van der Waals surface area contributed by atoms with Gasteiger partial charge in [0.1, 0.15) is 0 Å². The topological polar surface area (TPSA) is 0 Å². The fraction of sp³-hybridized carbons (Fsp3) is 0.471. The number of hydrogen-bond donors (Lipinski definition) is 0. The van der Waals surface area contributed by atoms with Crippen LogP contribution in [0.15, 0.2) is 91.0 Å². The molecule has 3 rings (SSSR count). The third-order valence-electron chi connectivity index (χ3n) is 7.60. The second kappa shape index (κ2) is 17.0. The average Bonchev–Trinajstić information content (AvgIpc) is 2.93. The predicted molar refractivity (Wildman–Crippen MR) is 159 cm³/mol. The van der Waals surface area contributed by atoms with Crippen LogP contribution in [0.25, 0.3) is 0 Å². The second-order valence-corrected chi connectivity index (χ2v) is 12.2. The van der Waals surface area contributed by atoms with Crippen LogP contribution in [0.2, 0.25) is 4.37 Å². The van der Waals surface area contributed by atoms with Crippen molar-refractivity contribution in [3.05, 3.63) is 108 Å². The molecule has 189 valence electrons. The first-order valence-corrected chi connectivity index (χ1v) is 17.2. The van der Waals surface area contributed by atoms with Crippen molar-refractivity contribution in [1.29, 1.82) is 0 Å². The third kappa shape index (κ3) is 9.13. The number of benzene rings is 3. The summed E-state index contributed by atoms with van der Waals surface area (Å²) in [7, 11) is 0. The van der Waals surface area contributed by atoms with Crippen molar-refractivity contribution >= 4 is 23.0 Å². The molecule has 0 spiro atoms. The minimum atomic E-state index is -0.0801. The smallest absolute Gasteiger partial charge is 0.0622 e. The van der Waals surface area contributed by atoms with E-state index in [1.54, 1.807) is 0 Å². The van der Waals surface area contributed by atoms with Gasteiger partial charge in [-0.25, -0.2) is 0 Å². The van der Waals surface area contributed by atoms with Gasteiger partial charge in [0, 0.05) is 5.41 Å². The average molecular weight is 579 g/mol. The summed E-state index contributed by atoms with van der Waals surface area (Å²) < 4.78 is 1.52. The standard InChI is InChI=1S/C34H45.Sb.3H/c1-2-3-4-5-6-7-8-9-10-11-12-13-23-30-34(31-24-17-14-18-25-31,32-26-19-15-20-27-32)33-28-21-16-22-29-33;;;;/h14-22,24-29H,1-13,23,30H2;;;;. The minimum absolute atomic E-state index is 0.0801. The van der Waals surface area contributed by atoms with Crippen molar-refractivity contribution in [2.24, 2.45) is 0 Å². The van der Waals surface area contributed by atoms with Crippen LogP contribution in [0.3, 0.4) is 0 Å². The minimum Gasteiger partial charge on any atom is -0.0622 e. The Bertz CT molecular complexity index is 791. The van der Waals surface area contributed by atoms with Gasteiger partial charge < -0.3 is 0 Å². The fourth-order valence-electron chi connectivity index (χ4n) is 5.61. The van der Waals surface area contributed by atoms with Gasteiger partial charge in [-0.1, -0.05) is 104 Å². The van der Waals surface area contributed by atoms with Crippen LogP contribution >= 0.6 is 0 Å². The quantitative estimate of drug-likeness (QED) is 0.0802. The molecule has 0 fully saturated rings. The number of hydrogen-bond acceptors (Lipinski definition) is 0. The van der Waals surface area contributed by atoms with Crippen LogP contribution in [-0.4, -0.2) is 23.0 Å². The molecular weight excluding hydrogens is 530 g/mol. The van der Waals surface area contributed by atoms with Gasteiger partial charge >= 0.3 is 98.0 Å². The van der Waals surface area contributed by atoms with Crippen molar-refractivity contribution in [2.45, 2.75) is 99.7 Å². The zero-order valence-corrected chi connectivity index (χ0v) is 26.0. The number of rotatable bonds is 18. The van der Waals surface area contributed by atoms with Crippen molar-refractivity contribution in [2.75, 3.05) is 0 Å². The Morgan fingerprint density at radius 1 is 0.371 bits per heavy atom. The van der Waals surface area contributed by atoms with E-state index in [2.05, 4.69) is 91.0 Å². The van der Waals surface area contributed by atoms with Crippen LogP contribution in [-0.2, 0) is 5.41 Å². The van der Waals surface area contributed by atoms with Crippen LogP contribution in [0, 0.1) is 0 Å². The summed E-state index contributed by atoms with van der Waals surface area (Å²) in [4.78, 5) is 0. The zero-order valence-electron chi connectivity index (χ0n) is 22.0. The molecule has 0 saturated heterocycles. The molecule has 1 radical (unpaired) electrons. The summed E-state index contributed by atoms with van der Waals surface area (Å²) in [6, 6.07) is 33.5. The molecule has 0 atom stereocenters.